The minimum atomic E-state index is -0.637. The van der Waals surface area contributed by atoms with Crippen LogP contribution in [0.15, 0.2) is 52.5 Å². The average Bonchev–Trinajstić information content (AvgIpc) is 3.02. The quantitative estimate of drug-likeness (QED) is 0.393. The molecule has 1 heterocycles. The van der Waals surface area contributed by atoms with Gasteiger partial charge in [0, 0.05) is 30.5 Å². The van der Waals surface area contributed by atoms with E-state index < -0.39 is 17.8 Å². The number of nitrogens with two attached hydrogens (primary N) is 1. The SMILES string of the molecule is CN/C=C\C(N)=NC(=O)c1cc(Oc2cc3c(cc2F)SCCCO3)cc(OC(C)CO)c1. The predicted octanol–water partition coefficient (Wildman–Crippen LogP) is 3.48. The van der Waals surface area contributed by atoms with Crippen LogP contribution in [0.3, 0.4) is 0 Å². The number of nitrogens with zero attached hydrogens (tertiary/aromatic N) is 1. The van der Waals surface area contributed by atoms with Gasteiger partial charge in [-0.05, 0) is 43.8 Å². The molecule has 8 nitrogen and oxygen atoms in total. The van der Waals surface area contributed by atoms with E-state index in [1.54, 1.807) is 14.0 Å². The van der Waals surface area contributed by atoms with Crippen molar-refractivity contribution >= 4 is 23.5 Å². The molecule has 2 aromatic rings. The molecule has 3 rings (SSSR count). The van der Waals surface area contributed by atoms with Gasteiger partial charge in [-0.2, -0.15) is 4.99 Å². The number of rotatable bonds is 8. The molecule has 2 aromatic carbocycles. The van der Waals surface area contributed by atoms with Gasteiger partial charge in [0.15, 0.2) is 11.6 Å². The Kier molecular flexibility index (Phi) is 8.56. The number of thioether (sulfide) groups is 1. The highest BCUT2D eigenvalue weighted by Crippen LogP contribution is 2.39. The molecule has 33 heavy (non-hydrogen) atoms. The Morgan fingerprint density at radius 2 is 2.15 bits per heavy atom. The van der Waals surface area contributed by atoms with E-state index in [1.165, 1.54) is 54.4 Å². The van der Waals surface area contributed by atoms with Crippen molar-refractivity contribution in [1.82, 2.24) is 5.32 Å². The maximum absolute atomic E-state index is 14.7. The highest BCUT2D eigenvalue weighted by Gasteiger charge is 2.18. The molecule has 0 bridgehead atoms. The fourth-order valence-corrected chi connectivity index (χ4v) is 3.78. The number of aliphatic hydroxyl groups excluding tert-OH is 1. The van der Waals surface area contributed by atoms with E-state index >= 15 is 0 Å². The summed E-state index contributed by atoms with van der Waals surface area (Å²) in [6, 6.07) is 7.23. The van der Waals surface area contributed by atoms with Crippen LogP contribution in [-0.4, -0.2) is 49.0 Å². The Morgan fingerprint density at radius 3 is 2.91 bits per heavy atom. The average molecular weight is 476 g/mol. The number of amides is 1. The summed E-state index contributed by atoms with van der Waals surface area (Å²) in [5.41, 5.74) is 5.86. The van der Waals surface area contributed by atoms with Crippen molar-refractivity contribution < 1.29 is 28.5 Å². The van der Waals surface area contributed by atoms with Gasteiger partial charge in [0.2, 0.25) is 0 Å². The summed E-state index contributed by atoms with van der Waals surface area (Å²) in [6.07, 6.45) is 3.29. The van der Waals surface area contributed by atoms with E-state index in [-0.39, 0.29) is 35.3 Å². The van der Waals surface area contributed by atoms with Gasteiger partial charge in [0.05, 0.1) is 18.1 Å². The highest BCUT2D eigenvalue weighted by molar-refractivity contribution is 7.99. The second-order valence-electron chi connectivity index (χ2n) is 7.15. The number of ether oxygens (including phenoxy) is 3. The summed E-state index contributed by atoms with van der Waals surface area (Å²) >= 11 is 1.52. The summed E-state index contributed by atoms with van der Waals surface area (Å²) in [4.78, 5) is 17.2. The van der Waals surface area contributed by atoms with E-state index in [1.807, 2.05) is 0 Å². The summed E-state index contributed by atoms with van der Waals surface area (Å²) in [5.74, 6) is 0.532. The van der Waals surface area contributed by atoms with Crippen LogP contribution in [0.5, 0.6) is 23.0 Å². The molecule has 1 aliphatic heterocycles. The van der Waals surface area contributed by atoms with E-state index in [0.717, 1.165) is 12.2 Å². The van der Waals surface area contributed by atoms with Crippen molar-refractivity contribution in [3.63, 3.8) is 0 Å². The van der Waals surface area contributed by atoms with Gasteiger partial charge in [-0.15, -0.1) is 11.8 Å². The molecule has 0 saturated carbocycles. The van der Waals surface area contributed by atoms with E-state index in [2.05, 4.69) is 10.3 Å². The van der Waals surface area contributed by atoms with Gasteiger partial charge < -0.3 is 30.4 Å². The Hall–Kier alpha value is -3.24. The Morgan fingerprint density at radius 1 is 1.36 bits per heavy atom. The second kappa shape index (κ2) is 11.6. The van der Waals surface area contributed by atoms with Crippen LogP contribution in [0.1, 0.15) is 23.7 Å². The topological polar surface area (TPSA) is 115 Å². The van der Waals surface area contributed by atoms with Gasteiger partial charge >= 0.3 is 0 Å². The number of halogens is 1. The van der Waals surface area contributed by atoms with Gasteiger partial charge in [-0.3, -0.25) is 4.79 Å². The standard InChI is InChI=1S/C23H26FN3O5S/c1-14(13-28)31-16-8-15(23(29)27-22(25)4-5-26-2)9-17(10-16)32-19-12-20-21(11-18(19)24)33-7-3-6-30-20/h4-5,8-12,14,26,28H,3,6-7,13H2,1-2H3,(H2,25,27,29)/b5-4-. The third-order valence-corrected chi connectivity index (χ3v) is 5.53. The Bertz CT molecular complexity index is 1060. The number of amidine groups is 1. The number of aliphatic hydroxyl groups is 1. The molecule has 4 N–H and O–H groups in total. The van der Waals surface area contributed by atoms with E-state index in [9.17, 15) is 14.3 Å². The maximum atomic E-state index is 14.7. The number of hydrogen-bond donors (Lipinski definition) is 3. The monoisotopic (exact) mass is 475 g/mol. The third-order valence-electron chi connectivity index (χ3n) is 4.40. The zero-order chi connectivity index (χ0) is 23.8. The number of fused-ring (bicyclic) bond motifs is 1. The van der Waals surface area contributed by atoms with Crippen LogP contribution >= 0.6 is 11.8 Å². The largest absolute Gasteiger partial charge is 0.492 e. The van der Waals surface area contributed by atoms with Crippen molar-refractivity contribution in [3.8, 4) is 23.0 Å². The smallest absolute Gasteiger partial charge is 0.279 e. The van der Waals surface area contributed by atoms with Gasteiger partial charge in [0.1, 0.15) is 29.2 Å². The fourth-order valence-electron chi connectivity index (χ4n) is 2.85. The molecule has 10 heteroatoms. The molecule has 176 valence electrons. The van der Waals surface area contributed by atoms with Crippen LogP contribution in [-0.2, 0) is 0 Å². The van der Waals surface area contributed by atoms with Crippen LogP contribution < -0.4 is 25.3 Å². The van der Waals surface area contributed by atoms with Crippen LogP contribution in [0.25, 0.3) is 0 Å². The molecule has 0 fully saturated rings. The molecule has 0 aliphatic carbocycles. The molecular weight excluding hydrogens is 449 g/mol. The number of benzene rings is 2. The molecule has 1 unspecified atom stereocenters. The van der Waals surface area contributed by atoms with Crippen molar-refractivity contribution in [2.75, 3.05) is 26.0 Å². The van der Waals surface area contributed by atoms with Crippen LogP contribution in [0.4, 0.5) is 4.39 Å². The van der Waals surface area contributed by atoms with Gasteiger partial charge in [-0.25, -0.2) is 4.39 Å². The normalized spacial score (nSPS) is 14.7. The van der Waals surface area contributed by atoms with E-state index in [4.69, 9.17) is 19.9 Å². The molecule has 0 radical (unpaired) electrons. The maximum Gasteiger partial charge on any atom is 0.279 e. The zero-order valence-electron chi connectivity index (χ0n) is 18.3. The predicted molar refractivity (Wildman–Crippen MR) is 125 cm³/mol. The number of carbonyl (C=O) groups excluding carboxylic acids is 1. The molecule has 0 spiro atoms. The lowest BCUT2D eigenvalue weighted by molar-refractivity contribution is 0.100. The van der Waals surface area contributed by atoms with Crippen molar-refractivity contribution in [2.24, 2.45) is 10.7 Å². The Balaban J connectivity index is 1.94. The lowest BCUT2D eigenvalue weighted by atomic mass is 10.2. The molecular formula is C23H26FN3O5S. The summed E-state index contributed by atoms with van der Waals surface area (Å²) in [6.45, 7) is 1.96. The molecule has 1 atom stereocenters. The third kappa shape index (κ3) is 6.87. The fraction of sp³-hybridized carbons (Fsp3) is 0.304. The zero-order valence-corrected chi connectivity index (χ0v) is 19.2. The highest BCUT2D eigenvalue weighted by atomic mass is 32.2. The molecule has 1 aliphatic rings. The van der Waals surface area contributed by atoms with Crippen molar-refractivity contribution in [1.29, 1.82) is 0 Å². The van der Waals surface area contributed by atoms with Gasteiger partial charge in [0.25, 0.3) is 5.91 Å². The van der Waals surface area contributed by atoms with Gasteiger partial charge in [-0.1, -0.05) is 0 Å². The lowest BCUT2D eigenvalue weighted by Gasteiger charge is -2.15. The Labute approximate surface area is 195 Å². The first-order chi connectivity index (χ1) is 15.9. The lowest BCUT2D eigenvalue weighted by Crippen LogP contribution is -2.16. The first-order valence-corrected chi connectivity index (χ1v) is 11.3. The first-order valence-electron chi connectivity index (χ1n) is 10.3. The minimum Gasteiger partial charge on any atom is -0.492 e. The summed E-state index contributed by atoms with van der Waals surface area (Å²) < 4.78 is 31.8. The van der Waals surface area contributed by atoms with Crippen LogP contribution in [0, 0.1) is 5.82 Å². The molecule has 1 amide bonds. The van der Waals surface area contributed by atoms with Crippen molar-refractivity contribution in [3.05, 3.63) is 54.0 Å². The summed E-state index contributed by atoms with van der Waals surface area (Å²) in [5, 5.41) is 12.1. The number of hydrogen-bond acceptors (Lipinski definition) is 7. The second-order valence-corrected chi connectivity index (χ2v) is 8.29. The van der Waals surface area contributed by atoms with Crippen molar-refractivity contribution in [2.45, 2.75) is 24.3 Å². The summed E-state index contributed by atoms with van der Waals surface area (Å²) in [7, 11) is 1.68. The van der Waals surface area contributed by atoms with Crippen LogP contribution in [0.2, 0.25) is 0 Å². The molecule has 0 saturated heterocycles. The number of aliphatic imine (C=N–C) groups is 1. The number of carbonyl (C=O) groups is 1. The first kappa shape index (κ1) is 24.4. The number of nitrogens with one attached hydrogen (secondary N) is 1. The van der Waals surface area contributed by atoms with E-state index in [0.29, 0.717) is 17.3 Å². The minimum absolute atomic E-state index is 0.00156. The molecule has 0 aromatic heterocycles.